The first-order valence-electron chi connectivity index (χ1n) is 12.4. The van der Waals surface area contributed by atoms with Gasteiger partial charge in [0, 0.05) is 28.2 Å². The lowest BCUT2D eigenvalue weighted by Gasteiger charge is -2.24. The molecule has 2 aromatic carbocycles. The van der Waals surface area contributed by atoms with Gasteiger partial charge in [-0.25, -0.2) is 9.79 Å². The molecule has 0 bridgehead atoms. The van der Waals surface area contributed by atoms with Crippen LogP contribution < -0.4 is 14.9 Å². The van der Waals surface area contributed by atoms with Crippen molar-refractivity contribution < 1.29 is 18.9 Å². The molecule has 1 aliphatic rings. The first-order chi connectivity index (χ1) is 19.2. The van der Waals surface area contributed by atoms with Crippen LogP contribution >= 0.6 is 23.1 Å². The normalized spacial score (nSPS) is 15.1. The molecule has 9 nitrogen and oxygen atoms in total. The van der Waals surface area contributed by atoms with Crippen molar-refractivity contribution in [2.75, 3.05) is 12.9 Å². The number of allylic oxidation sites excluding steroid dienone is 1. The highest BCUT2D eigenvalue weighted by Crippen LogP contribution is 2.32. The topological polar surface area (TPSA) is 117 Å². The summed E-state index contributed by atoms with van der Waals surface area (Å²) in [4.78, 5) is 43.9. The molecule has 2 aromatic heterocycles. The highest BCUT2D eigenvalue weighted by Gasteiger charge is 2.33. The fourth-order valence-electron chi connectivity index (χ4n) is 4.57. The van der Waals surface area contributed by atoms with E-state index in [2.05, 4.69) is 4.99 Å². The SMILES string of the molecule is CCOC(=O)C1=C(C)N=c2s/c(=C\c3ccc(-c4ccc(C)c([N+](=O)[O-])c4)o3)c(=O)n2[C@@H]1c1ccc(SC)cc1. The summed E-state index contributed by atoms with van der Waals surface area (Å²) in [5, 5.41) is 11.4. The lowest BCUT2D eigenvalue weighted by atomic mass is 9.96. The highest BCUT2D eigenvalue weighted by atomic mass is 32.2. The molecule has 0 radical (unpaired) electrons. The van der Waals surface area contributed by atoms with Gasteiger partial charge in [-0.15, -0.1) is 11.8 Å². The molecule has 0 saturated heterocycles. The number of aryl methyl sites for hydroxylation is 1. The van der Waals surface area contributed by atoms with Gasteiger partial charge >= 0.3 is 5.97 Å². The number of nitro groups is 1. The second kappa shape index (κ2) is 11.1. The lowest BCUT2D eigenvalue weighted by molar-refractivity contribution is -0.385. The maximum atomic E-state index is 13.8. The van der Waals surface area contributed by atoms with E-state index in [0.29, 0.717) is 43.3 Å². The van der Waals surface area contributed by atoms with Crippen molar-refractivity contribution >= 4 is 40.8 Å². The Morgan fingerprint density at radius 2 is 1.95 bits per heavy atom. The van der Waals surface area contributed by atoms with Gasteiger partial charge < -0.3 is 9.15 Å². The van der Waals surface area contributed by atoms with Crippen LogP contribution in [0.25, 0.3) is 17.4 Å². The molecule has 40 heavy (non-hydrogen) atoms. The van der Waals surface area contributed by atoms with Crippen LogP contribution in [0.5, 0.6) is 0 Å². The number of aromatic nitrogens is 1. The minimum absolute atomic E-state index is 0.00194. The molecule has 0 unspecified atom stereocenters. The maximum absolute atomic E-state index is 13.8. The Hall–Kier alpha value is -4.22. The number of hydrogen-bond donors (Lipinski definition) is 0. The van der Waals surface area contributed by atoms with E-state index >= 15 is 0 Å². The van der Waals surface area contributed by atoms with Gasteiger partial charge in [-0.3, -0.25) is 19.5 Å². The number of esters is 1. The van der Waals surface area contributed by atoms with E-state index in [-0.39, 0.29) is 17.9 Å². The zero-order valence-electron chi connectivity index (χ0n) is 22.2. The number of nitrogens with zero attached hydrogens (tertiary/aromatic N) is 3. The van der Waals surface area contributed by atoms with Crippen molar-refractivity contribution in [1.82, 2.24) is 4.57 Å². The third-order valence-electron chi connectivity index (χ3n) is 6.54. The average Bonchev–Trinajstić information content (AvgIpc) is 3.52. The zero-order valence-corrected chi connectivity index (χ0v) is 23.8. The van der Waals surface area contributed by atoms with Gasteiger partial charge in [0.05, 0.1) is 33.4 Å². The van der Waals surface area contributed by atoms with Gasteiger partial charge in [-0.05, 0) is 56.9 Å². The van der Waals surface area contributed by atoms with Crippen LogP contribution in [0, 0.1) is 17.0 Å². The molecule has 4 aromatic rings. The predicted molar refractivity (Wildman–Crippen MR) is 154 cm³/mol. The smallest absolute Gasteiger partial charge is 0.338 e. The summed E-state index contributed by atoms with van der Waals surface area (Å²) in [7, 11) is 0. The van der Waals surface area contributed by atoms with Gasteiger partial charge in [0.1, 0.15) is 11.5 Å². The molecule has 5 rings (SSSR count). The monoisotopic (exact) mass is 575 g/mol. The summed E-state index contributed by atoms with van der Waals surface area (Å²) >= 11 is 2.80. The van der Waals surface area contributed by atoms with E-state index in [1.807, 2.05) is 30.5 Å². The van der Waals surface area contributed by atoms with E-state index in [1.165, 1.54) is 22.0 Å². The minimum Gasteiger partial charge on any atom is -0.463 e. The van der Waals surface area contributed by atoms with Crippen LogP contribution in [0.15, 0.2) is 85.0 Å². The number of carbonyl (C=O) groups is 1. The highest BCUT2D eigenvalue weighted by molar-refractivity contribution is 7.98. The van der Waals surface area contributed by atoms with Crippen LogP contribution in [-0.2, 0) is 9.53 Å². The number of carbonyl (C=O) groups excluding carboxylic acids is 1. The van der Waals surface area contributed by atoms with Crippen molar-refractivity contribution in [3.05, 3.63) is 113 Å². The van der Waals surface area contributed by atoms with Crippen molar-refractivity contribution in [3.63, 3.8) is 0 Å². The van der Waals surface area contributed by atoms with E-state index in [0.717, 1.165) is 10.5 Å². The molecule has 11 heteroatoms. The van der Waals surface area contributed by atoms with Gasteiger partial charge in [-0.1, -0.05) is 35.6 Å². The van der Waals surface area contributed by atoms with Crippen molar-refractivity contribution in [1.29, 1.82) is 0 Å². The fraction of sp³-hybridized carbons (Fsp3) is 0.207. The van der Waals surface area contributed by atoms with Crippen molar-refractivity contribution in [2.45, 2.75) is 31.7 Å². The van der Waals surface area contributed by atoms with Crippen LogP contribution in [0.2, 0.25) is 0 Å². The van der Waals surface area contributed by atoms with Gasteiger partial charge in [0.15, 0.2) is 4.80 Å². The van der Waals surface area contributed by atoms with Crippen molar-refractivity contribution in [2.24, 2.45) is 4.99 Å². The molecule has 0 spiro atoms. The predicted octanol–water partition coefficient (Wildman–Crippen LogP) is 5.00. The average molecular weight is 576 g/mol. The molecule has 0 fully saturated rings. The van der Waals surface area contributed by atoms with E-state index < -0.39 is 16.9 Å². The van der Waals surface area contributed by atoms with Gasteiger partial charge in [-0.2, -0.15) is 0 Å². The summed E-state index contributed by atoms with van der Waals surface area (Å²) in [5.74, 6) is 0.333. The standard InChI is InChI=1S/C29H25N3O6S2/c1-5-37-28(34)25-17(3)30-29-31(26(25)18-8-11-21(39-4)12-9-18)27(33)24(40-29)15-20-10-13-23(38-20)19-7-6-16(2)22(14-19)32(35)36/h6-15,26H,5H2,1-4H3/b24-15-/t26-/m1/s1. The van der Waals surface area contributed by atoms with Crippen LogP contribution in [-0.4, -0.2) is 28.3 Å². The number of benzene rings is 2. The number of rotatable bonds is 7. The molecule has 204 valence electrons. The summed E-state index contributed by atoms with van der Waals surface area (Å²) in [6, 6.07) is 15.3. The number of thiazole rings is 1. The maximum Gasteiger partial charge on any atom is 0.338 e. The molecular weight excluding hydrogens is 550 g/mol. The Morgan fingerprint density at radius 1 is 1.20 bits per heavy atom. The largest absolute Gasteiger partial charge is 0.463 e. The van der Waals surface area contributed by atoms with Crippen LogP contribution in [0.4, 0.5) is 5.69 Å². The molecule has 0 amide bonds. The Labute approximate surface area is 237 Å². The third kappa shape index (κ3) is 5.05. The number of nitro benzene ring substituents is 1. The van der Waals surface area contributed by atoms with Crippen molar-refractivity contribution in [3.8, 4) is 11.3 Å². The molecule has 0 aliphatic carbocycles. The Balaban J connectivity index is 1.61. The molecule has 3 heterocycles. The number of furan rings is 1. The Bertz CT molecular complexity index is 1850. The quantitative estimate of drug-likeness (QED) is 0.132. The number of fused-ring (bicyclic) bond motifs is 1. The zero-order chi connectivity index (χ0) is 28.6. The lowest BCUT2D eigenvalue weighted by Crippen LogP contribution is -2.39. The molecule has 1 atom stereocenters. The summed E-state index contributed by atoms with van der Waals surface area (Å²) in [6.07, 6.45) is 3.60. The molecule has 0 N–H and O–H groups in total. The van der Waals surface area contributed by atoms with Gasteiger partial charge in [0.2, 0.25) is 0 Å². The van der Waals surface area contributed by atoms with E-state index in [1.54, 1.807) is 62.9 Å². The second-order valence-electron chi connectivity index (χ2n) is 9.04. The van der Waals surface area contributed by atoms with E-state index in [9.17, 15) is 19.7 Å². The van der Waals surface area contributed by atoms with Gasteiger partial charge in [0.25, 0.3) is 11.2 Å². The molecular formula is C29H25N3O6S2. The first-order valence-corrected chi connectivity index (χ1v) is 14.4. The molecule has 0 saturated carbocycles. The van der Waals surface area contributed by atoms with E-state index in [4.69, 9.17) is 9.15 Å². The third-order valence-corrected chi connectivity index (χ3v) is 8.27. The van der Waals surface area contributed by atoms with Crippen LogP contribution in [0.3, 0.4) is 0 Å². The number of ether oxygens (including phenoxy) is 1. The molecule has 1 aliphatic heterocycles. The number of thioether (sulfide) groups is 1. The number of hydrogen-bond acceptors (Lipinski definition) is 9. The second-order valence-corrected chi connectivity index (χ2v) is 10.9. The summed E-state index contributed by atoms with van der Waals surface area (Å²) in [6.45, 7) is 5.35. The summed E-state index contributed by atoms with van der Waals surface area (Å²) in [5.41, 5.74) is 2.37. The Kier molecular flexibility index (Phi) is 7.59. The fourth-order valence-corrected chi connectivity index (χ4v) is 6.00. The summed E-state index contributed by atoms with van der Waals surface area (Å²) < 4.78 is 13.2. The Morgan fingerprint density at radius 3 is 2.62 bits per heavy atom. The first kappa shape index (κ1) is 27.4. The minimum atomic E-state index is -0.700. The van der Waals surface area contributed by atoms with Crippen LogP contribution in [0.1, 0.15) is 36.8 Å².